The van der Waals surface area contributed by atoms with Crippen LogP contribution in [0.1, 0.15) is 39.8 Å². The summed E-state index contributed by atoms with van der Waals surface area (Å²) in [6.07, 6.45) is 2.94. The van der Waals surface area contributed by atoms with Crippen LogP contribution in [-0.2, 0) is 16.0 Å². The normalized spacial score (nSPS) is 16.0. The standard InChI is InChI=1S/C27H27N3O3S/c1-6-19-7-13-23(14-8-19)30-17(2)15-21(18(30)3)16-24-25(31)29(4)27(34-24)28-22-11-9-20(10-12-22)26(32)33-5/h7-16H,6H2,1-5H3. The zero-order chi connectivity index (χ0) is 24.4. The van der Waals surface area contributed by atoms with E-state index in [0.29, 0.717) is 21.3 Å². The molecule has 0 spiro atoms. The second kappa shape index (κ2) is 9.73. The first-order valence-electron chi connectivity index (χ1n) is 11.0. The number of hydrogen-bond acceptors (Lipinski definition) is 5. The topological polar surface area (TPSA) is 63.9 Å². The van der Waals surface area contributed by atoms with E-state index in [0.717, 1.165) is 29.1 Å². The molecule has 0 saturated carbocycles. The van der Waals surface area contributed by atoms with E-state index >= 15 is 0 Å². The molecule has 4 rings (SSSR count). The van der Waals surface area contributed by atoms with Crippen LogP contribution >= 0.6 is 11.8 Å². The van der Waals surface area contributed by atoms with Gasteiger partial charge in [0.1, 0.15) is 0 Å². The fourth-order valence-electron chi connectivity index (χ4n) is 3.91. The molecule has 6 nitrogen and oxygen atoms in total. The number of rotatable bonds is 5. The highest BCUT2D eigenvalue weighted by atomic mass is 32.2. The summed E-state index contributed by atoms with van der Waals surface area (Å²) in [5, 5.41) is 0.589. The predicted molar refractivity (Wildman–Crippen MR) is 138 cm³/mol. The van der Waals surface area contributed by atoms with Crippen LogP contribution in [0.5, 0.6) is 0 Å². The molecule has 7 heteroatoms. The zero-order valence-electron chi connectivity index (χ0n) is 20.0. The Balaban J connectivity index is 1.61. The van der Waals surface area contributed by atoms with E-state index in [9.17, 15) is 9.59 Å². The van der Waals surface area contributed by atoms with Crippen LogP contribution < -0.4 is 0 Å². The third-order valence-electron chi connectivity index (χ3n) is 5.88. The Kier molecular flexibility index (Phi) is 6.75. The van der Waals surface area contributed by atoms with E-state index in [4.69, 9.17) is 4.74 Å². The second-order valence-corrected chi connectivity index (χ2v) is 9.10. The summed E-state index contributed by atoms with van der Waals surface area (Å²) in [6, 6.07) is 17.5. The molecule has 1 amide bonds. The van der Waals surface area contributed by atoms with E-state index in [1.807, 2.05) is 6.08 Å². The molecule has 0 atom stereocenters. The van der Waals surface area contributed by atoms with E-state index in [2.05, 4.69) is 60.7 Å². The van der Waals surface area contributed by atoms with Gasteiger partial charge in [0.15, 0.2) is 5.17 Å². The number of methoxy groups -OCH3 is 1. The van der Waals surface area contributed by atoms with Gasteiger partial charge in [0.25, 0.3) is 5.91 Å². The fourth-order valence-corrected chi connectivity index (χ4v) is 4.88. The number of likely N-dealkylation sites (N-methyl/N-ethyl adjacent to an activating group) is 1. The molecule has 1 aliphatic heterocycles. The number of thioether (sulfide) groups is 1. The highest BCUT2D eigenvalue weighted by Crippen LogP contribution is 2.34. The van der Waals surface area contributed by atoms with Crippen molar-refractivity contribution in [3.05, 3.63) is 87.6 Å². The number of hydrogen-bond donors (Lipinski definition) is 0. The van der Waals surface area contributed by atoms with Crippen LogP contribution in [-0.4, -0.2) is 40.7 Å². The summed E-state index contributed by atoms with van der Waals surface area (Å²) in [7, 11) is 3.07. The Bertz CT molecular complexity index is 1300. The molecule has 34 heavy (non-hydrogen) atoms. The van der Waals surface area contributed by atoms with E-state index < -0.39 is 5.97 Å². The SMILES string of the molecule is CCc1ccc(-n2c(C)cc(C=C3SC(=Nc4ccc(C(=O)OC)cc4)N(C)C3=O)c2C)cc1. The first kappa shape index (κ1) is 23.6. The van der Waals surface area contributed by atoms with Gasteiger partial charge in [0, 0.05) is 24.1 Å². The van der Waals surface area contributed by atoms with Gasteiger partial charge in [-0.1, -0.05) is 19.1 Å². The zero-order valence-corrected chi connectivity index (χ0v) is 20.8. The van der Waals surface area contributed by atoms with Gasteiger partial charge in [0.2, 0.25) is 0 Å². The fraction of sp³-hybridized carbons (Fsp3) is 0.222. The molecular weight excluding hydrogens is 446 g/mol. The number of aryl methyl sites for hydroxylation is 2. The first-order valence-corrected chi connectivity index (χ1v) is 11.9. The number of amidine groups is 1. The summed E-state index contributed by atoms with van der Waals surface area (Å²) in [5.41, 5.74) is 6.71. The molecule has 2 heterocycles. The molecule has 1 aromatic heterocycles. The number of nitrogens with zero attached hydrogens (tertiary/aromatic N) is 3. The van der Waals surface area contributed by atoms with Gasteiger partial charge in [-0.25, -0.2) is 9.79 Å². The van der Waals surface area contributed by atoms with Gasteiger partial charge in [-0.2, -0.15) is 0 Å². The van der Waals surface area contributed by atoms with Gasteiger partial charge in [-0.05, 0) is 91.7 Å². The highest BCUT2D eigenvalue weighted by Gasteiger charge is 2.30. The molecule has 0 aliphatic carbocycles. The van der Waals surface area contributed by atoms with Crippen LogP contribution in [0, 0.1) is 13.8 Å². The number of ether oxygens (including phenoxy) is 1. The van der Waals surface area contributed by atoms with Gasteiger partial charge in [-0.3, -0.25) is 9.69 Å². The largest absolute Gasteiger partial charge is 0.465 e. The van der Waals surface area contributed by atoms with Crippen LogP contribution in [0.2, 0.25) is 0 Å². The average Bonchev–Trinajstić information content (AvgIpc) is 3.28. The number of esters is 1. The van der Waals surface area contributed by atoms with Crippen LogP contribution in [0.15, 0.2) is 64.5 Å². The van der Waals surface area contributed by atoms with Crippen LogP contribution in [0.3, 0.4) is 0 Å². The van der Waals surface area contributed by atoms with Crippen molar-refractivity contribution in [2.45, 2.75) is 27.2 Å². The lowest BCUT2D eigenvalue weighted by molar-refractivity contribution is -0.121. The average molecular weight is 474 g/mol. The smallest absolute Gasteiger partial charge is 0.337 e. The van der Waals surface area contributed by atoms with Gasteiger partial charge in [-0.15, -0.1) is 0 Å². The van der Waals surface area contributed by atoms with Crippen molar-refractivity contribution in [2.75, 3.05) is 14.2 Å². The van der Waals surface area contributed by atoms with Crippen molar-refractivity contribution in [3.63, 3.8) is 0 Å². The van der Waals surface area contributed by atoms with Gasteiger partial charge in [0.05, 0.1) is 23.3 Å². The number of benzene rings is 2. The van der Waals surface area contributed by atoms with Crippen molar-refractivity contribution in [1.29, 1.82) is 0 Å². The molecule has 174 valence electrons. The quantitative estimate of drug-likeness (QED) is 0.353. The Morgan fingerprint density at radius 1 is 1.09 bits per heavy atom. The third kappa shape index (κ3) is 4.56. The lowest BCUT2D eigenvalue weighted by Gasteiger charge is -2.10. The Morgan fingerprint density at radius 3 is 2.38 bits per heavy atom. The molecular formula is C27H27N3O3S. The van der Waals surface area contributed by atoms with Crippen molar-refractivity contribution >= 4 is 40.6 Å². The molecule has 1 saturated heterocycles. The lowest BCUT2D eigenvalue weighted by Crippen LogP contribution is -2.23. The van der Waals surface area contributed by atoms with Gasteiger partial charge < -0.3 is 9.30 Å². The minimum Gasteiger partial charge on any atom is -0.465 e. The summed E-state index contributed by atoms with van der Waals surface area (Å²) < 4.78 is 6.93. The van der Waals surface area contributed by atoms with Crippen molar-refractivity contribution in [1.82, 2.24) is 9.47 Å². The number of carbonyl (C=O) groups is 2. The third-order valence-corrected chi connectivity index (χ3v) is 6.94. The summed E-state index contributed by atoms with van der Waals surface area (Å²) in [6.45, 7) is 6.29. The van der Waals surface area contributed by atoms with Crippen LogP contribution in [0.25, 0.3) is 11.8 Å². The predicted octanol–water partition coefficient (Wildman–Crippen LogP) is 5.68. The van der Waals surface area contributed by atoms with E-state index in [-0.39, 0.29) is 5.91 Å². The molecule has 0 bridgehead atoms. The number of carbonyl (C=O) groups excluding carboxylic acids is 2. The van der Waals surface area contributed by atoms with Crippen molar-refractivity contribution in [3.8, 4) is 5.69 Å². The number of aromatic nitrogens is 1. The monoisotopic (exact) mass is 473 g/mol. The summed E-state index contributed by atoms with van der Waals surface area (Å²) >= 11 is 1.34. The highest BCUT2D eigenvalue weighted by molar-refractivity contribution is 8.18. The summed E-state index contributed by atoms with van der Waals surface area (Å²) in [5.74, 6) is -0.488. The molecule has 0 radical (unpaired) electrons. The van der Waals surface area contributed by atoms with E-state index in [1.165, 1.54) is 24.4 Å². The lowest BCUT2D eigenvalue weighted by atomic mass is 10.1. The number of aliphatic imine (C=N–C) groups is 1. The maximum atomic E-state index is 12.9. The summed E-state index contributed by atoms with van der Waals surface area (Å²) in [4.78, 5) is 31.3. The maximum Gasteiger partial charge on any atom is 0.337 e. The minimum atomic E-state index is -0.397. The molecule has 1 fully saturated rings. The molecule has 2 aromatic carbocycles. The Labute approximate surface area is 203 Å². The maximum absolute atomic E-state index is 12.9. The molecule has 0 unspecified atom stereocenters. The van der Waals surface area contributed by atoms with Crippen molar-refractivity contribution < 1.29 is 14.3 Å². The second-order valence-electron chi connectivity index (χ2n) is 8.09. The molecule has 0 N–H and O–H groups in total. The molecule has 1 aliphatic rings. The first-order chi connectivity index (χ1) is 16.3. The van der Waals surface area contributed by atoms with Crippen LogP contribution in [0.4, 0.5) is 5.69 Å². The van der Waals surface area contributed by atoms with Crippen molar-refractivity contribution in [2.24, 2.45) is 4.99 Å². The Morgan fingerprint density at radius 2 is 1.76 bits per heavy atom. The van der Waals surface area contributed by atoms with Gasteiger partial charge >= 0.3 is 5.97 Å². The number of amides is 1. The molecule has 3 aromatic rings. The van der Waals surface area contributed by atoms with E-state index in [1.54, 1.807) is 36.2 Å². The Hall–Kier alpha value is -3.58. The minimum absolute atomic E-state index is 0.0907.